The van der Waals surface area contributed by atoms with Crippen molar-refractivity contribution < 1.29 is 18.9 Å². The molecule has 26 heavy (non-hydrogen) atoms. The SMILES string of the molecule is COc1cc(OC2CC2)nc2c(Cl)c(OCCN3CCOCC3)ccc12. The Morgan fingerprint density at radius 1 is 1.23 bits per heavy atom. The molecule has 0 bridgehead atoms. The highest BCUT2D eigenvalue weighted by Gasteiger charge is 2.25. The van der Waals surface area contributed by atoms with Crippen LogP contribution >= 0.6 is 11.6 Å². The van der Waals surface area contributed by atoms with Crippen molar-refractivity contribution in [3.8, 4) is 17.4 Å². The highest BCUT2D eigenvalue weighted by atomic mass is 35.5. The molecule has 1 aromatic heterocycles. The van der Waals surface area contributed by atoms with Crippen molar-refractivity contribution in [3.63, 3.8) is 0 Å². The number of hydrogen-bond donors (Lipinski definition) is 0. The zero-order valence-electron chi connectivity index (χ0n) is 14.9. The second-order valence-electron chi connectivity index (χ2n) is 6.56. The molecule has 0 radical (unpaired) electrons. The Kier molecular flexibility index (Phi) is 5.33. The summed E-state index contributed by atoms with van der Waals surface area (Å²) in [5, 5.41) is 1.34. The quantitative estimate of drug-likeness (QED) is 0.737. The largest absolute Gasteiger partial charge is 0.496 e. The Morgan fingerprint density at radius 2 is 2.04 bits per heavy atom. The van der Waals surface area contributed by atoms with E-state index in [1.165, 1.54) is 0 Å². The third-order valence-electron chi connectivity index (χ3n) is 4.62. The molecular formula is C19H23ClN2O4. The molecule has 2 fully saturated rings. The first-order valence-electron chi connectivity index (χ1n) is 9.01. The van der Waals surface area contributed by atoms with Crippen molar-refractivity contribution in [2.75, 3.05) is 46.6 Å². The minimum absolute atomic E-state index is 0.261. The van der Waals surface area contributed by atoms with Gasteiger partial charge in [0.2, 0.25) is 5.88 Å². The Morgan fingerprint density at radius 3 is 2.77 bits per heavy atom. The Balaban J connectivity index is 1.52. The van der Waals surface area contributed by atoms with E-state index in [1.807, 2.05) is 18.2 Å². The number of hydrogen-bond acceptors (Lipinski definition) is 6. The van der Waals surface area contributed by atoms with E-state index < -0.39 is 0 Å². The van der Waals surface area contributed by atoms with Crippen molar-refractivity contribution in [3.05, 3.63) is 23.2 Å². The normalized spacial score (nSPS) is 18.1. The van der Waals surface area contributed by atoms with Gasteiger partial charge in [0.05, 0.1) is 20.3 Å². The number of morpholine rings is 1. The minimum atomic E-state index is 0.261. The number of fused-ring (bicyclic) bond motifs is 1. The van der Waals surface area contributed by atoms with Gasteiger partial charge >= 0.3 is 0 Å². The van der Waals surface area contributed by atoms with E-state index in [9.17, 15) is 0 Å². The van der Waals surface area contributed by atoms with Crippen LogP contribution in [0.3, 0.4) is 0 Å². The molecule has 0 unspecified atom stereocenters. The average Bonchev–Trinajstić information content (AvgIpc) is 3.48. The summed E-state index contributed by atoms with van der Waals surface area (Å²) in [4.78, 5) is 6.90. The van der Waals surface area contributed by atoms with Crippen LogP contribution in [0.2, 0.25) is 5.02 Å². The van der Waals surface area contributed by atoms with E-state index in [1.54, 1.807) is 7.11 Å². The monoisotopic (exact) mass is 378 g/mol. The summed E-state index contributed by atoms with van der Waals surface area (Å²) in [6.45, 7) is 4.86. The predicted octanol–water partition coefficient (Wildman–Crippen LogP) is 3.15. The Labute approximate surface area is 157 Å². The fourth-order valence-electron chi connectivity index (χ4n) is 2.99. The molecule has 0 amide bonds. The van der Waals surface area contributed by atoms with Gasteiger partial charge in [0.1, 0.15) is 34.7 Å². The molecule has 1 aliphatic heterocycles. The van der Waals surface area contributed by atoms with Crippen LogP contribution in [0, 0.1) is 0 Å². The van der Waals surface area contributed by atoms with Gasteiger partial charge in [0.25, 0.3) is 0 Å². The molecule has 2 heterocycles. The summed E-state index contributed by atoms with van der Waals surface area (Å²) in [6, 6.07) is 5.61. The molecule has 6 nitrogen and oxygen atoms in total. The molecule has 4 rings (SSSR count). The van der Waals surface area contributed by atoms with Gasteiger partial charge in [-0.1, -0.05) is 11.6 Å². The maximum absolute atomic E-state index is 6.58. The Bertz CT molecular complexity index is 776. The molecule has 0 atom stereocenters. The summed E-state index contributed by atoms with van der Waals surface area (Å²) in [5.74, 6) is 1.88. The highest BCUT2D eigenvalue weighted by Crippen LogP contribution is 2.38. The molecular weight excluding hydrogens is 356 g/mol. The summed E-state index contributed by atoms with van der Waals surface area (Å²) < 4.78 is 22.6. The molecule has 1 aliphatic carbocycles. The topological polar surface area (TPSA) is 53.0 Å². The second-order valence-corrected chi connectivity index (χ2v) is 6.93. The fourth-order valence-corrected chi connectivity index (χ4v) is 3.26. The van der Waals surface area contributed by atoms with Gasteiger partial charge in [-0.3, -0.25) is 4.90 Å². The van der Waals surface area contributed by atoms with Gasteiger partial charge in [-0.2, -0.15) is 0 Å². The zero-order chi connectivity index (χ0) is 17.9. The fraction of sp³-hybridized carbons (Fsp3) is 0.526. The third-order valence-corrected chi connectivity index (χ3v) is 4.99. The molecule has 7 heteroatoms. The van der Waals surface area contributed by atoms with Gasteiger partial charge in [0.15, 0.2) is 0 Å². The van der Waals surface area contributed by atoms with Gasteiger partial charge in [0, 0.05) is 31.1 Å². The van der Waals surface area contributed by atoms with Crippen LogP contribution in [0.5, 0.6) is 17.4 Å². The van der Waals surface area contributed by atoms with E-state index in [0.29, 0.717) is 34.5 Å². The maximum atomic E-state index is 6.58. The molecule has 0 spiro atoms. The van der Waals surface area contributed by atoms with Crippen molar-refractivity contribution in [2.45, 2.75) is 18.9 Å². The number of rotatable bonds is 7. The van der Waals surface area contributed by atoms with Crippen molar-refractivity contribution in [1.82, 2.24) is 9.88 Å². The number of nitrogens with zero attached hydrogens (tertiary/aromatic N) is 2. The summed E-state index contributed by atoms with van der Waals surface area (Å²) >= 11 is 6.58. The third kappa shape index (κ3) is 3.98. The number of halogens is 1. The van der Waals surface area contributed by atoms with Crippen LogP contribution in [0.15, 0.2) is 18.2 Å². The van der Waals surface area contributed by atoms with E-state index >= 15 is 0 Å². The first-order chi connectivity index (χ1) is 12.7. The van der Waals surface area contributed by atoms with Crippen LogP contribution in [0.4, 0.5) is 0 Å². The lowest BCUT2D eigenvalue weighted by Gasteiger charge is -2.26. The number of ether oxygens (including phenoxy) is 4. The summed E-state index contributed by atoms with van der Waals surface area (Å²) in [5.41, 5.74) is 0.644. The average molecular weight is 379 g/mol. The first kappa shape index (κ1) is 17.6. The zero-order valence-corrected chi connectivity index (χ0v) is 15.6. The first-order valence-corrected chi connectivity index (χ1v) is 9.39. The number of methoxy groups -OCH3 is 1. The van der Waals surface area contributed by atoms with Gasteiger partial charge in [-0.15, -0.1) is 0 Å². The lowest BCUT2D eigenvalue weighted by Crippen LogP contribution is -2.38. The molecule has 140 valence electrons. The smallest absolute Gasteiger partial charge is 0.217 e. The number of benzene rings is 1. The molecule has 1 saturated heterocycles. The van der Waals surface area contributed by atoms with Gasteiger partial charge in [-0.25, -0.2) is 4.98 Å². The standard InChI is InChI=1S/C19H23ClN2O4/c1-23-16-12-17(26-13-2-3-13)21-19-14(16)4-5-15(18(19)20)25-11-8-22-6-9-24-10-7-22/h4-5,12-13H,2-3,6-11H2,1H3. The van der Waals surface area contributed by atoms with Crippen LogP contribution in [0.1, 0.15) is 12.8 Å². The van der Waals surface area contributed by atoms with E-state index in [-0.39, 0.29) is 6.10 Å². The van der Waals surface area contributed by atoms with Crippen LogP contribution in [0.25, 0.3) is 10.9 Å². The number of pyridine rings is 1. The van der Waals surface area contributed by atoms with Crippen LogP contribution in [-0.2, 0) is 4.74 Å². The van der Waals surface area contributed by atoms with Crippen molar-refractivity contribution in [2.24, 2.45) is 0 Å². The van der Waals surface area contributed by atoms with E-state index in [0.717, 1.165) is 51.1 Å². The Hall–Kier alpha value is -1.76. The van der Waals surface area contributed by atoms with Crippen molar-refractivity contribution in [1.29, 1.82) is 0 Å². The predicted molar refractivity (Wildman–Crippen MR) is 99.7 cm³/mol. The van der Waals surface area contributed by atoms with Gasteiger partial charge in [-0.05, 0) is 25.0 Å². The van der Waals surface area contributed by atoms with Crippen LogP contribution in [-0.4, -0.2) is 62.6 Å². The molecule has 2 aromatic rings. The molecule has 1 aromatic carbocycles. The lowest BCUT2D eigenvalue weighted by molar-refractivity contribution is 0.0322. The van der Waals surface area contributed by atoms with E-state index in [4.69, 9.17) is 30.5 Å². The molecule has 0 N–H and O–H groups in total. The van der Waals surface area contributed by atoms with E-state index in [2.05, 4.69) is 9.88 Å². The summed E-state index contributed by atoms with van der Waals surface area (Å²) in [7, 11) is 1.64. The van der Waals surface area contributed by atoms with Crippen LogP contribution < -0.4 is 14.2 Å². The number of aromatic nitrogens is 1. The van der Waals surface area contributed by atoms with Crippen molar-refractivity contribution >= 4 is 22.5 Å². The highest BCUT2D eigenvalue weighted by molar-refractivity contribution is 6.36. The molecule has 1 saturated carbocycles. The van der Waals surface area contributed by atoms with Gasteiger partial charge < -0.3 is 18.9 Å². The second kappa shape index (κ2) is 7.86. The minimum Gasteiger partial charge on any atom is -0.496 e. The molecule has 2 aliphatic rings. The maximum Gasteiger partial charge on any atom is 0.217 e. The lowest BCUT2D eigenvalue weighted by atomic mass is 10.2. The summed E-state index contributed by atoms with van der Waals surface area (Å²) in [6.07, 6.45) is 2.40.